The molecule has 2 aromatic heterocycles. The van der Waals surface area contributed by atoms with Gasteiger partial charge in [0, 0.05) is 12.7 Å². The van der Waals surface area contributed by atoms with E-state index >= 15 is 0 Å². The van der Waals surface area contributed by atoms with E-state index in [4.69, 9.17) is 16.7 Å². The maximum Gasteiger partial charge on any atom is 0.339 e. The summed E-state index contributed by atoms with van der Waals surface area (Å²) in [5.41, 5.74) is 1.17. The molecule has 6 nitrogen and oxygen atoms in total. The van der Waals surface area contributed by atoms with Crippen LogP contribution in [0.25, 0.3) is 0 Å². The third-order valence-corrected chi connectivity index (χ3v) is 2.70. The molecule has 0 radical (unpaired) electrons. The van der Waals surface area contributed by atoms with Crippen molar-refractivity contribution < 1.29 is 9.90 Å². The zero-order valence-electron chi connectivity index (χ0n) is 10.3. The van der Waals surface area contributed by atoms with Gasteiger partial charge in [-0.05, 0) is 24.6 Å². The van der Waals surface area contributed by atoms with Crippen molar-refractivity contribution in [2.24, 2.45) is 0 Å². The molecule has 0 fully saturated rings. The Morgan fingerprint density at radius 1 is 1.53 bits per heavy atom. The first-order valence-electron chi connectivity index (χ1n) is 5.69. The molecular formula is C12H13ClN4O2. The molecule has 2 rings (SSSR count). The molecule has 0 aliphatic heterocycles. The van der Waals surface area contributed by atoms with Crippen molar-refractivity contribution in [2.75, 3.05) is 11.9 Å². The molecule has 0 atom stereocenters. The van der Waals surface area contributed by atoms with Gasteiger partial charge in [-0.3, -0.25) is 4.68 Å². The van der Waals surface area contributed by atoms with E-state index in [1.807, 2.05) is 13.1 Å². The van der Waals surface area contributed by atoms with Gasteiger partial charge in [0.1, 0.15) is 16.5 Å². The van der Waals surface area contributed by atoms with Gasteiger partial charge in [-0.1, -0.05) is 11.6 Å². The first-order chi connectivity index (χ1) is 9.06. The molecule has 7 heteroatoms. The lowest BCUT2D eigenvalue weighted by Gasteiger charge is -2.08. The number of aromatic nitrogens is 3. The summed E-state index contributed by atoms with van der Waals surface area (Å²) in [6.07, 6.45) is 3.67. The lowest BCUT2D eigenvalue weighted by Crippen LogP contribution is -2.14. The molecule has 0 saturated carbocycles. The molecule has 0 spiro atoms. The summed E-state index contributed by atoms with van der Waals surface area (Å²) < 4.78 is 1.77. The molecule has 0 saturated heterocycles. The summed E-state index contributed by atoms with van der Waals surface area (Å²) in [5, 5.41) is 16.4. The predicted molar refractivity (Wildman–Crippen MR) is 71.7 cm³/mol. The average molecular weight is 281 g/mol. The van der Waals surface area contributed by atoms with Crippen LogP contribution in [0.1, 0.15) is 15.9 Å². The fraction of sp³-hybridized carbons (Fsp3) is 0.250. The maximum atomic E-state index is 11.0. The quantitative estimate of drug-likeness (QED) is 0.820. The second-order valence-corrected chi connectivity index (χ2v) is 4.43. The van der Waals surface area contributed by atoms with Gasteiger partial charge in [-0.2, -0.15) is 5.10 Å². The number of carboxylic acids is 1. The van der Waals surface area contributed by atoms with Gasteiger partial charge in [0.2, 0.25) is 0 Å². The summed E-state index contributed by atoms with van der Waals surface area (Å²) in [6.45, 7) is 3.08. The number of rotatable bonds is 5. The van der Waals surface area contributed by atoms with Crippen molar-refractivity contribution in [3.05, 3.63) is 40.8 Å². The number of pyridine rings is 1. The van der Waals surface area contributed by atoms with Crippen LogP contribution in [0, 0.1) is 6.92 Å². The predicted octanol–water partition coefficient (Wildman–Crippen LogP) is 2.05. The number of carboxylic acid groups (broad SMARTS) is 1. The fourth-order valence-electron chi connectivity index (χ4n) is 1.62. The van der Waals surface area contributed by atoms with Crippen molar-refractivity contribution in [2.45, 2.75) is 13.5 Å². The second-order valence-electron chi connectivity index (χ2n) is 4.04. The first-order valence-corrected chi connectivity index (χ1v) is 6.07. The number of nitrogens with zero attached hydrogens (tertiary/aromatic N) is 3. The van der Waals surface area contributed by atoms with Crippen molar-refractivity contribution >= 4 is 23.4 Å². The van der Waals surface area contributed by atoms with E-state index < -0.39 is 5.97 Å². The van der Waals surface area contributed by atoms with Gasteiger partial charge in [-0.25, -0.2) is 9.78 Å². The highest BCUT2D eigenvalue weighted by molar-refractivity contribution is 6.29. The number of aryl methyl sites for hydroxylation is 1. The summed E-state index contributed by atoms with van der Waals surface area (Å²) in [5.74, 6) is -0.773. The summed E-state index contributed by atoms with van der Waals surface area (Å²) in [7, 11) is 0. The Bertz CT molecular complexity index is 597. The zero-order valence-corrected chi connectivity index (χ0v) is 11.1. The standard InChI is InChI=1S/C12H13ClN4O2/c1-8-6-15-17(7-8)5-4-14-11-9(12(18)19)2-3-10(13)16-11/h2-3,6-7H,4-5H2,1H3,(H,14,16)(H,18,19). The van der Waals surface area contributed by atoms with Crippen LogP contribution < -0.4 is 5.32 Å². The minimum atomic E-state index is -1.04. The molecule has 0 aliphatic rings. The molecule has 19 heavy (non-hydrogen) atoms. The number of carbonyl (C=O) groups is 1. The highest BCUT2D eigenvalue weighted by Gasteiger charge is 2.11. The van der Waals surface area contributed by atoms with Crippen molar-refractivity contribution in [3.63, 3.8) is 0 Å². The number of aromatic carboxylic acids is 1. The van der Waals surface area contributed by atoms with Crippen LogP contribution in [0.4, 0.5) is 5.82 Å². The maximum absolute atomic E-state index is 11.0. The van der Waals surface area contributed by atoms with Gasteiger partial charge in [0.15, 0.2) is 0 Å². The third-order valence-electron chi connectivity index (χ3n) is 2.49. The Kier molecular flexibility index (Phi) is 4.01. The monoisotopic (exact) mass is 280 g/mol. The summed E-state index contributed by atoms with van der Waals surface area (Å²) in [4.78, 5) is 15.0. The largest absolute Gasteiger partial charge is 0.478 e. The molecule has 0 aliphatic carbocycles. The van der Waals surface area contributed by atoms with Crippen LogP contribution >= 0.6 is 11.6 Å². The van der Waals surface area contributed by atoms with E-state index in [9.17, 15) is 4.79 Å². The highest BCUT2D eigenvalue weighted by Crippen LogP contribution is 2.16. The molecule has 0 unspecified atom stereocenters. The first kappa shape index (κ1) is 13.4. The number of halogens is 1. The molecule has 0 amide bonds. The number of nitrogens with one attached hydrogen (secondary N) is 1. The Morgan fingerprint density at radius 2 is 2.32 bits per heavy atom. The Hall–Kier alpha value is -2.08. The highest BCUT2D eigenvalue weighted by atomic mass is 35.5. The fourth-order valence-corrected chi connectivity index (χ4v) is 1.77. The lowest BCUT2D eigenvalue weighted by molar-refractivity contribution is 0.0697. The second kappa shape index (κ2) is 5.71. The number of hydrogen-bond acceptors (Lipinski definition) is 4. The van der Waals surface area contributed by atoms with Crippen LogP contribution in [0.3, 0.4) is 0 Å². The third kappa shape index (κ3) is 3.45. The van der Waals surface area contributed by atoms with E-state index in [-0.39, 0.29) is 16.5 Å². The SMILES string of the molecule is Cc1cnn(CCNc2nc(Cl)ccc2C(=O)O)c1. The molecule has 100 valence electrons. The zero-order chi connectivity index (χ0) is 13.8. The van der Waals surface area contributed by atoms with E-state index in [2.05, 4.69) is 15.4 Å². The van der Waals surface area contributed by atoms with Crippen molar-refractivity contribution in [3.8, 4) is 0 Å². The van der Waals surface area contributed by atoms with Crippen molar-refractivity contribution in [1.29, 1.82) is 0 Å². The molecule has 0 aromatic carbocycles. The van der Waals surface area contributed by atoms with E-state index in [0.29, 0.717) is 13.1 Å². The molecule has 2 heterocycles. The minimum absolute atomic E-state index is 0.0982. The lowest BCUT2D eigenvalue weighted by atomic mass is 10.2. The van der Waals surface area contributed by atoms with Gasteiger partial charge in [0.05, 0.1) is 12.7 Å². The van der Waals surface area contributed by atoms with Gasteiger partial charge < -0.3 is 10.4 Å². The van der Waals surface area contributed by atoms with Crippen LogP contribution in [0.2, 0.25) is 5.15 Å². The van der Waals surface area contributed by atoms with E-state index in [1.165, 1.54) is 12.1 Å². The topological polar surface area (TPSA) is 80.0 Å². The van der Waals surface area contributed by atoms with Gasteiger partial charge >= 0.3 is 5.97 Å². The van der Waals surface area contributed by atoms with Crippen LogP contribution in [0.5, 0.6) is 0 Å². The summed E-state index contributed by atoms with van der Waals surface area (Å²) >= 11 is 5.76. The summed E-state index contributed by atoms with van der Waals surface area (Å²) in [6, 6.07) is 2.88. The van der Waals surface area contributed by atoms with Crippen molar-refractivity contribution in [1.82, 2.24) is 14.8 Å². The Labute approximate surface area is 115 Å². The molecule has 2 aromatic rings. The number of anilines is 1. The molecular weight excluding hydrogens is 268 g/mol. The average Bonchev–Trinajstić information content (AvgIpc) is 2.75. The smallest absolute Gasteiger partial charge is 0.339 e. The Morgan fingerprint density at radius 3 is 2.95 bits per heavy atom. The minimum Gasteiger partial charge on any atom is -0.478 e. The van der Waals surface area contributed by atoms with E-state index in [0.717, 1.165) is 5.56 Å². The van der Waals surface area contributed by atoms with E-state index in [1.54, 1.807) is 10.9 Å². The number of hydrogen-bond donors (Lipinski definition) is 2. The molecule has 2 N–H and O–H groups in total. The van der Waals surface area contributed by atoms with Crippen LogP contribution in [-0.4, -0.2) is 32.4 Å². The Balaban J connectivity index is 2.02. The van der Waals surface area contributed by atoms with Crippen LogP contribution in [-0.2, 0) is 6.54 Å². The molecule has 0 bridgehead atoms. The van der Waals surface area contributed by atoms with Gasteiger partial charge in [0.25, 0.3) is 0 Å². The normalized spacial score (nSPS) is 10.4. The van der Waals surface area contributed by atoms with Gasteiger partial charge in [-0.15, -0.1) is 0 Å². The van der Waals surface area contributed by atoms with Crippen LogP contribution in [0.15, 0.2) is 24.5 Å².